The minimum atomic E-state index is 0.0867. The Hall–Kier alpha value is -0.990. The van der Waals surface area contributed by atoms with Crippen molar-refractivity contribution in [2.24, 2.45) is 4.99 Å². The number of benzene rings is 2. The van der Waals surface area contributed by atoms with E-state index in [-0.39, 0.29) is 11.9 Å². The highest BCUT2D eigenvalue weighted by atomic mass is 79.9. The van der Waals surface area contributed by atoms with Crippen molar-refractivity contribution in [1.82, 2.24) is 4.90 Å². The summed E-state index contributed by atoms with van der Waals surface area (Å²) in [4.78, 5) is 21.6. The molecule has 202 valence electrons. The van der Waals surface area contributed by atoms with E-state index in [9.17, 15) is 4.79 Å². The number of nitrogens with zero attached hydrogens (tertiary/aromatic N) is 2. The minimum Gasteiger partial charge on any atom is -0.487 e. The Balaban J connectivity index is 1.36. The van der Waals surface area contributed by atoms with Crippen LogP contribution in [0.5, 0.6) is 5.75 Å². The number of aliphatic imine (C=N–C) groups is 1. The number of carbonyl (C=O) groups is 1. The molecular weight excluding hydrogens is 671 g/mol. The Morgan fingerprint density at radius 3 is 2.26 bits per heavy atom. The molecule has 3 fully saturated rings. The van der Waals surface area contributed by atoms with Crippen LogP contribution in [0.3, 0.4) is 0 Å². The fraction of sp³-hybridized carbons (Fsp3) is 0.448. The van der Waals surface area contributed by atoms with Gasteiger partial charge in [-0.2, -0.15) is 0 Å². The summed E-state index contributed by atoms with van der Waals surface area (Å²) < 4.78 is 7.68. The van der Waals surface area contributed by atoms with E-state index in [0.717, 1.165) is 55.8 Å². The van der Waals surface area contributed by atoms with Gasteiger partial charge in [-0.15, -0.1) is 0 Å². The van der Waals surface area contributed by atoms with Crippen LogP contribution in [-0.2, 0) is 11.4 Å². The van der Waals surface area contributed by atoms with Crippen LogP contribution in [0.1, 0.15) is 75.3 Å². The second kappa shape index (κ2) is 13.1. The van der Waals surface area contributed by atoms with E-state index >= 15 is 0 Å². The lowest BCUT2D eigenvalue weighted by Crippen LogP contribution is -2.41. The van der Waals surface area contributed by atoms with Gasteiger partial charge in [-0.05, 0) is 111 Å². The first kappa shape index (κ1) is 28.5. The molecule has 0 unspecified atom stereocenters. The monoisotopic (exact) mass is 698 g/mol. The van der Waals surface area contributed by atoms with Gasteiger partial charge in [-0.3, -0.25) is 14.7 Å². The highest BCUT2D eigenvalue weighted by Gasteiger charge is 2.39. The first-order valence-electron chi connectivity index (χ1n) is 13.3. The first-order chi connectivity index (χ1) is 18.4. The van der Waals surface area contributed by atoms with Gasteiger partial charge < -0.3 is 4.74 Å². The lowest BCUT2D eigenvalue weighted by molar-refractivity contribution is -0.124. The number of thioether (sulfide) groups is 1. The van der Waals surface area contributed by atoms with Gasteiger partial charge in [0.15, 0.2) is 5.17 Å². The number of halogens is 4. The third-order valence-corrected chi connectivity index (χ3v) is 10.2. The van der Waals surface area contributed by atoms with Crippen LogP contribution in [0.4, 0.5) is 0 Å². The Bertz CT molecular complexity index is 1230. The third-order valence-electron chi connectivity index (χ3n) is 7.33. The number of hydrogen-bond donors (Lipinski definition) is 0. The fourth-order valence-electron chi connectivity index (χ4n) is 5.34. The molecule has 1 amide bonds. The van der Waals surface area contributed by atoms with Crippen molar-refractivity contribution in [3.05, 3.63) is 65.4 Å². The Labute approximate surface area is 255 Å². The van der Waals surface area contributed by atoms with Gasteiger partial charge in [0, 0.05) is 6.04 Å². The molecule has 0 atom stereocenters. The quantitative estimate of drug-likeness (QED) is 0.282. The molecule has 3 aliphatic rings. The highest BCUT2D eigenvalue weighted by molar-refractivity contribution is 9.11. The highest BCUT2D eigenvalue weighted by Crippen LogP contribution is 2.41. The number of amides is 1. The van der Waals surface area contributed by atoms with Crippen molar-refractivity contribution in [3.8, 4) is 5.75 Å². The van der Waals surface area contributed by atoms with E-state index in [1.54, 1.807) is 12.1 Å². The van der Waals surface area contributed by atoms with Gasteiger partial charge in [-0.25, -0.2) is 0 Å². The van der Waals surface area contributed by atoms with Crippen molar-refractivity contribution in [1.29, 1.82) is 0 Å². The minimum absolute atomic E-state index is 0.0867. The number of ether oxygens (including phenoxy) is 1. The molecule has 2 aromatic carbocycles. The molecule has 0 aromatic heterocycles. The molecule has 5 rings (SSSR count). The van der Waals surface area contributed by atoms with Crippen molar-refractivity contribution in [2.45, 2.75) is 82.9 Å². The second-order valence-electron chi connectivity index (χ2n) is 10.1. The van der Waals surface area contributed by atoms with E-state index in [1.165, 1.54) is 50.3 Å². The van der Waals surface area contributed by atoms with Crippen LogP contribution < -0.4 is 4.74 Å². The van der Waals surface area contributed by atoms with Gasteiger partial charge in [0.05, 0.1) is 29.9 Å². The zero-order valence-corrected chi connectivity index (χ0v) is 26.5. The fourth-order valence-corrected chi connectivity index (χ4v) is 8.22. The molecule has 0 bridgehead atoms. The largest absolute Gasteiger partial charge is 0.487 e. The molecular formula is C29H30Br2Cl2N2O2S. The summed E-state index contributed by atoms with van der Waals surface area (Å²) in [6, 6.07) is 10.0. The number of amidine groups is 1. The molecule has 1 aliphatic heterocycles. The summed E-state index contributed by atoms with van der Waals surface area (Å²) >= 11 is 21.0. The van der Waals surface area contributed by atoms with Crippen LogP contribution in [-0.4, -0.2) is 28.1 Å². The van der Waals surface area contributed by atoms with Gasteiger partial charge in [0.2, 0.25) is 0 Å². The SMILES string of the molecule is O=C1C(=Cc2cc(Br)c(OCc3ccc(Cl)c(Cl)c3)c(Br)c2)SC(=NC2CCCCC2)N1C1CCCCC1. The summed E-state index contributed by atoms with van der Waals surface area (Å²) in [5.41, 5.74) is 1.84. The Kier molecular flexibility index (Phi) is 9.85. The maximum absolute atomic E-state index is 13.7. The summed E-state index contributed by atoms with van der Waals surface area (Å²) in [6.45, 7) is 0.347. The molecule has 1 saturated heterocycles. The maximum Gasteiger partial charge on any atom is 0.266 e. The summed E-state index contributed by atoms with van der Waals surface area (Å²) in [7, 11) is 0. The molecule has 1 heterocycles. The molecule has 0 radical (unpaired) electrons. The lowest BCUT2D eigenvalue weighted by atomic mass is 9.94. The molecule has 4 nitrogen and oxygen atoms in total. The van der Waals surface area contributed by atoms with E-state index in [1.807, 2.05) is 29.2 Å². The third kappa shape index (κ3) is 6.83. The predicted octanol–water partition coefficient (Wildman–Crippen LogP) is 10.0. The van der Waals surface area contributed by atoms with Crippen molar-refractivity contribution >= 4 is 84.0 Å². The van der Waals surface area contributed by atoms with Gasteiger partial charge in [0.25, 0.3) is 5.91 Å². The number of hydrogen-bond acceptors (Lipinski definition) is 4. The molecule has 9 heteroatoms. The first-order valence-corrected chi connectivity index (χ1v) is 16.4. The Morgan fingerprint density at radius 1 is 0.947 bits per heavy atom. The van der Waals surface area contributed by atoms with Crippen LogP contribution >= 0.6 is 66.8 Å². The molecule has 2 saturated carbocycles. The number of carbonyl (C=O) groups excluding carboxylic acids is 1. The average molecular weight is 701 g/mol. The van der Waals surface area contributed by atoms with E-state index in [4.69, 9.17) is 32.9 Å². The summed E-state index contributed by atoms with van der Waals surface area (Å²) in [5, 5.41) is 1.92. The predicted molar refractivity (Wildman–Crippen MR) is 166 cm³/mol. The number of rotatable bonds is 6. The normalized spacial score (nSPS) is 21.6. The van der Waals surface area contributed by atoms with E-state index in [2.05, 4.69) is 31.9 Å². The van der Waals surface area contributed by atoms with Gasteiger partial charge in [-0.1, -0.05) is 67.8 Å². The van der Waals surface area contributed by atoms with Gasteiger partial charge >= 0.3 is 0 Å². The molecule has 38 heavy (non-hydrogen) atoms. The topological polar surface area (TPSA) is 41.9 Å². The van der Waals surface area contributed by atoms with Crippen LogP contribution in [0, 0.1) is 0 Å². The molecule has 0 N–H and O–H groups in total. The maximum atomic E-state index is 13.7. The Morgan fingerprint density at radius 2 is 1.61 bits per heavy atom. The van der Waals surface area contributed by atoms with Crippen LogP contribution in [0.25, 0.3) is 6.08 Å². The smallest absolute Gasteiger partial charge is 0.266 e. The standard InChI is InChI=1S/C29H30Br2Cl2N2O2S/c30-22-13-19(14-23(31)27(22)37-17-18-11-12-24(32)25(33)15-18)16-26-28(36)35(21-9-5-2-6-10-21)29(38-26)34-20-7-3-1-4-8-20/h11-16,20-21H,1-10,17H2. The van der Waals surface area contributed by atoms with E-state index < -0.39 is 0 Å². The molecule has 2 aromatic rings. The van der Waals surface area contributed by atoms with E-state index in [0.29, 0.717) is 28.4 Å². The zero-order chi connectivity index (χ0) is 26.6. The van der Waals surface area contributed by atoms with Crippen LogP contribution in [0.15, 0.2) is 49.2 Å². The van der Waals surface area contributed by atoms with Crippen molar-refractivity contribution in [3.63, 3.8) is 0 Å². The van der Waals surface area contributed by atoms with Crippen molar-refractivity contribution in [2.75, 3.05) is 0 Å². The lowest BCUT2D eigenvalue weighted by Gasteiger charge is -2.31. The molecule has 2 aliphatic carbocycles. The van der Waals surface area contributed by atoms with Crippen LogP contribution in [0.2, 0.25) is 10.0 Å². The second-order valence-corrected chi connectivity index (χ2v) is 13.7. The zero-order valence-electron chi connectivity index (χ0n) is 21.0. The van der Waals surface area contributed by atoms with Crippen molar-refractivity contribution < 1.29 is 9.53 Å². The molecule has 0 spiro atoms. The average Bonchev–Trinajstić information content (AvgIpc) is 3.20. The summed E-state index contributed by atoms with van der Waals surface area (Å²) in [5.74, 6) is 0.774. The summed E-state index contributed by atoms with van der Waals surface area (Å²) in [6.07, 6.45) is 13.7. The van der Waals surface area contributed by atoms with Gasteiger partial charge in [0.1, 0.15) is 12.4 Å².